The van der Waals surface area contributed by atoms with Crippen LogP contribution in [0.4, 0.5) is 10.6 Å². The Labute approximate surface area is 155 Å². The molecule has 1 fully saturated rings. The molecule has 0 atom stereocenters. The third-order valence-corrected chi connectivity index (χ3v) is 5.00. The summed E-state index contributed by atoms with van der Waals surface area (Å²) in [6.07, 6.45) is 9.37. The first-order valence-electron chi connectivity index (χ1n) is 9.42. The maximum Gasteiger partial charge on any atom is 0.317 e. The Kier molecular flexibility index (Phi) is 6.29. The van der Waals surface area contributed by atoms with Gasteiger partial charge in [-0.05, 0) is 37.9 Å². The average Bonchev–Trinajstić information content (AvgIpc) is 3.19. The highest BCUT2D eigenvalue weighted by Gasteiger charge is 2.23. The Balaban J connectivity index is 1.50. The zero-order valence-electron chi connectivity index (χ0n) is 15.6. The Morgan fingerprint density at radius 3 is 2.92 bits per heavy atom. The standard InChI is InChI=1S/C19H28N6O/c1-3-9-23(2)10-6-8-20-19(26)25-13-7-17-16(15-25)14-18(22-21-17)24-11-4-5-12-24/h1,14H,4-13,15H2,2H3,(H,20,26). The molecule has 7 nitrogen and oxygen atoms in total. The molecule has 0 aromatic carbocycles. The second-order valence-electron chi connectivity index (χ2n) is 7.07. The molecule has 0 aliphatic carbocycles. The van der Waals surface area contributed by atoms with E-state index in [2.05, 4.69) is 37.3 Å². The predicted molar refractivity (Wildman–Crippen MR) is 102 cm³/mol. The second kappa shape index (κ2) is 8.86. The van der Waals surface area contributed by atoms with Crippen LogP contribution in [-0.4, -0.2) is 72.3 Å². The van der Waals surface area contributed by atoms with Gasteiger partial charge in [0.15, 0.2) is 5.82 Å². The molecule has 1 N–H and O–H groups in total. The number of nitrogens with zero attached hydrogens (tertiary/aromatic N) is 5. The number of carbonyl (C=O) groups excluding carboxylic acids is 1. The van der Waals surface area contributed by atoms with E-state index < -0.39 is 0 Å². The van der Waals surface area contributed by atoms with E-state index in [0.717, 1.165) is 49.6 Å². The summed E-state index contributed by atoms with van der Waals surface area (Å²) in [6.45, 7) is 5.56. The van der Waals surface area contributed by atoms with Crippen LogP contribution < -0.4 is 10.2 Å². The van der Waals surface area contributed by atoms with Crippen LogP contribution in [0.1, 0.15) is 30.5 Å². The van der Waals surface area contributed by atoms with Crippen molar-refractivity contribution >= 4 is 11.8 Å². The highest BCUT2D eigenvalue weighted by Crippen LogP contribution is 2.23. The minimum atomic E-state index is -0.00483. The van der Waals surface area contributed by atoms with Crippen molar-refractivity contribution in [1.29, 1.82) is 0 Å². The topological polar surface area (TPSA) is 64.6 Å². The molecule has 0 radical (unpaired) electrons. The second-order valence-corrected chi connectivity index (χ2v) is 7.07. The van der Waals surface area contributed by atoms with Crippen LogP contribution in [0.2, 0.25) is 0 Å². The Morgan fingerprint density at radius 2 is 2.15 bits per heavy atom. The van der Waals surface area contributed by atoms with Crippen molar-refractivity contribution < 1.29 is 4.79 Å². The minimum Gasteiger partial charge on any atom is -0.355 e. The number of terminal acetylenes is 1. The van der Waals surface area contributed by atoms with E-state index in [0.29, 0.717) is 26.2 Å². The molecule has 0 unspecified atom stereocenters. The minimum absolute atomic E-state index is 0.00483. The van der Waals surface area contributed by atoms with Gasteiger partial charge in [-0.15, -0.1) is 11.5 Å². The smallest absolute Gasteiger partial charge is 0.317 e. The lowest BCUT2D eigenvalue weighted by Gasteiger charge is -2.29. The first kappa shape index (κ1) is 18.5. The summed E-state index contributed by atoms with van der Waals surface area (Å²) < 4.78 is 0. The molecular weight excluding hydrogens is 328 g/mol. The summed E-state index contributed by atoms with van der Waals surface area (Å²) in [5, 5.41) is 11.8. The zero-order chi connectivity index (χ0) is 18.4. The molecule has 3 rings (SSSR count). The summed E-state index contributed by atoms with van der Waals surface area (Å²) in [6, 6.07) is 2.11. The lowest BCUT2D eigenvalue weighted by Crippen LogP contribution is -2.43. The van der Waals surface area contributed by atoms with Crippen molar-refractivity contribution in [2.75, 3.05) is 51.2 Å². The Hall–Kier alpha value is -2.33. The van der Waals surface area contributed by atoms with Gasteiger partial charge in [0.2, 0.25) is 0 Å². The Morgan fingerprint density at radius 1 is 1.35 bits per heavy atom. The van der Waals surface area contributed by atoms with E-state index in [9.17, 15) is 4.79 Å². The summed E-state index contributed by atoms with van der Waals surface area (Å²) in [5.41, 5.74) is 2.14. The zero-order valence-corrected chi connectivity index (χ0v) is 15.6. The summed E-state index contributed by atoms with van der Waals surface area (Å²) in [5.74, 6) is 3.56. The van der Waals surface area contributed by atoms with Crippen LogP contribution in [0.3, 0.4) is 0 Å². The molecular formula is C19H28N6O. The molecule has 3 heterocycles. The summed E-state index contributed by atoms with van der Waals surface area (Å²) in [4.78, 5) is 18.7. The van der Waals surface area contributed by atoms with E-state index in [-0.39, 0.29) is 6.03 Å². The summed E-state index contributed by atoms with van der Waals surface area (Å²) >= 11 is 0. The maximum atomic E-state index is 12.4. The fourth-order valence-electron chi connectivity index (χ4n) is 3.48. The lowest BCUT2D eigenvalue weighted by molar-refractivity contribution is 0.191. The SMILES string of the molecule is C#CCN(C)CCCNC(=O)N1CCc2nnc(N3CCCC3)cc2C1. The fraction of sp³-hybridized carbons (Fsp3) is 0.632. The van der Waals surface area contributed by atoms with Crippen molar-refractivity contribution in [2.45, 2.75) is 32.2 Å². The maximum absolute atomic E-state index is 12.4. The van der Waals surface area contributed by atoms with E-state index in [4.69, 9.17) is 6.42 Å². The van der Waals surface area contributed by atoms with Gasteiger partial charge in [-0.3, -0.25) is 4.90 Å². The molecule has 2 amide bonds. The highest BCUT2D eigenvalue weighted by molar-refractivity contribution is 5.74. The van der Waals surface area contributed by atoms with Crippen molar-refractivity contribution in [1.82, 2.24) is 25.3 Å². The number of amides is 2. The molecule has 26 heavy (non-hydrogen) atoms. The number of hydrogen-bond donors (Lipinski definition) is 1. The van der Waals surface area contributed by atoms with Gasteiger partial charge in [-0.25, -0.2) is 4.79 Å². The predicted octanol–water partition coefficient (Wildman–Crippen LogP) is 1.10. The van der Waals surface area contributed by atoms with Gasteiger partial charge in [-0.1, -0.05) is 5.92 Å². The van der Waals surface area contributed by atoms with E-state index >= 15 is 0 Å². The van der Waals surface area contributed by atoms with Gasteiger partial charge in [0, 0.05) is 45.7 Å². The molecule has 2 aliphatic heterocycles. The quantitative estimate of drug-likeness (QED) is 0.611. The van der Waals surface area contributed by atoms with Crippen molar-refractivity contribution in [3.63, 3.8) is 0 Å². The fourth-order valence-corrected chi connectivity index (χ4v) is 3.48. The van der Waals surface area contributed by atoms with Crippen LogP contribution >= 0.6 is 0 Å². The third kappa shape index (κ3) is 4.64. The molecule has 0 spiro atoms. The highest BCUT2D eigenvalue weighted by atomic mass is 16.2. The molecule has 140 valence electrons. The third-order valence-electron chi connectivity index (χ3n) is 5.00. The molecule has 2 aliphatic rings. The summed E-state index contributed by atoms with van der Waals surface area (Å²) in [7, 11) is 1.99. The van der Waals surface area contributed by atoms with E-state index in [1.54, 1.807) is 0 Å². The molecule has 0 bridgehead atoms. The number of hydrogen-bond acceptors (Lipinski definition) is 5. The number of nitrogens with one attached hydrogen (secondary N) is 1. The van der Waals surface area contributed by atoms with Crippen molar-refractivity contribution in [2.24, 2.45) is 0 Å². The number of anilines is 1. The largest absolute Gasteiger partial charge is 0.355 e. The van der Waals surface area contributed by atoms with E-state index in [1.807, 2.05) is 11.9 Å². The van der Waals surface area contributed by atoms with Gasteiger partial charge in [0.05, 0.1) is 12.2 Å². The lowest BCUT2D eigenvalue weighted by atomic mass is 10.1. The van der Waals surface area contributed by atoms with Crippen molar-refractivity contribution in [3.8, 4) is 12.3 Å². The van der Waals surface area contributed by atoms with Crippen LogP contribution in [0.15, 0.2) is 6.07 Å². The molecule has 7 heteroatoms. The first-order valence-corrected chi connectivity index (χ1v) is 9.42. The normalized spacial score (nSPS) is 16.5. The molecule has 0 saturated carbocycles. The number of carbonyl (C=O) groups is 1. The van der Waals surface area contributed by atoms with Crippen LogP contribution in [-0.2, 0) is 13.0 Å². The van der Waals surface area contributed by atoms with Crippen molar-refractivity contribution in [3.05, 3.63) is 17.3 Å². The molecule has 1 aromatic rings. The van der Waals surface area contributed by atoms with Crippen LogP contribution in [0.5, 0.6) is 0 Å². The number of urea groups is 1. The Bertz CT molecular complexity index is 664. The number of rotatable bonds is 6. The van der Waals surface area contributed by atoms with Gasteiger partial charge < -0.3 is 15.1 Å². The average molecular weight is 356 g/mol. The van der Waals surface area contributed by atoms with Gasteiger partial charge in [0.1, 0.15) is 0 Å². The van der Waals surface area contributed by atoms with Gasteiger partial charge >= 0.3 is 6.03 Å². The van der Waals surface area contributed by atoms with Crippen LogP contribution in [0, 0.1) is 12.3 Å². The molecule has 1 saturated heterocycles. The van der Waals surface area contributed by atoms with Gasteiger partial charge in [-0.2, -0.15) is 5.10 Å². The van der Waals surface area contributed by atoms with E-state index in [1.165, 1.54) is 12.8 Å². The number of fused-ring (bicyclic) bond motifs is 1. The monoisotopic (exact) mass is 356 g/mol. The molecule has 1 aromatic heterocycles. The van der Waals surface area contributed by atoms with Gasteiger partial charge in [0.25, 0.3) is 0 Å². The first-order chi connectivity index (χ1) is 12.7. The number of aromatic nitrogens is 2. The van der Waals surface area contributed by atoms with Crippen LogP contribution in [0.25, 0.3) is 0 Å².